The Hall–Kier alpha value is -3.12. The number of hydrogen-bond donors (Lipinski definition) is 0. The number of fused-ring (bicyclic) bond motifs is 1. The van der Waals surface area contributed by atoms with Crippen LogP contribution in [0.2, 0.25) is 0 Å². The van der Waals surface area contributed by atoms with Crippen LogP contribution in [0, 0.1) is 5.82 Å². The van der Waals surface area contributed by atoms with Gasteiger partial charge in [-0.1, -0.05) is 36.0 Å². The van der Waals surface area contributed by atoms with Gasteiger partial charge in [0, 0.05) is 5.25 Å². The number of ether oxygens (including phenoxy) is 1. The molecule has 4 rings (SSSR count). The van der Waals surface area contributed by atoms with Gasteiger partial charge in [-0.25, -0.2) is 9.37 Å². The Balaban J connectivity index is 1.81. The molecular formula is C24H21FN2O2S. The lowest BCUT2D eigenvalue weighted by Gasteiger charge is -2.17. The first-order valence-corrected chi connectivity index (χ1v) is 10.6. The van der Waals surface area contributed by atoms with Gasteiger partial charge in [-0.2, -0.15) is 0 Å². The fraction of sp³-hybridized carbons (Fsp3) is 0.167. The van der Waals surface area contributed by atoms with Gasteiger partial charge in [0.1, 0.15) is 11.6 Å². The van der Waals surface area contributed by atoms with Crippen molar-refractivity contribution in [1.82, 2.24) is 9.55 Å². The topological polar surface area (TPSA) is 44.1 Å². The molecule has 0 aliphatic heterocycles. The molecule has 0 N–H and O–H groups in total. The summed E-state index contributed by atoms with van der Waals surface area (Å²) in [6.07, 6.45) is 0. The van der Waals surface area contributed by atoms with Gasteiger partial charge in [0.05, 0.1) is 23.2 Å². The molecule has 1 atom stereocenters. The highest BCUT2D eigenvalue weighted by Gasteiger charge is 2.17. The molecule has 0 spiro atoms. The molecule has 1 aromatic heterocycles. The first-order valence-electron chi connectivity index (χ1n) is 9.74. The molecule has 0 radical (unpaired) electrons. The van der Waals surface area contributed by atoms with Crippen LogP contribution in [0.4, 0.5) is 4.39 Å². The largest absolute Gasteiger partial charge is 0.494 e. The fourth-order valence-corrected chi connectivity index (χ4v) is 4.29. The molecule has 0 saturated heterocycles. The van der Waals surface area contributed by atoms with E-state index in [0.29, 0.717) is 22.7 Å². The van der Waals surface area contributed by atoms with E-state index in [2.05, 4.69) is 0 Å². The zero-order valence-electron chi connectivity index (χ0n) is 16.7. The van der Waals surface area contributed by atoms with Gasteiger partial charge in [-0.05, 0) is 67.9 Å². The van der Waals surface area contributed by atoms with Crippen LogP contribution in [0.15, 0.2) is 82.7 Å². The van der Waals surface area contributed by atoms with Crippen molar-refractivity contribution in [2.45, 2.75) is 24.3 Å². The van der Waals surface area contributed by atoms with Crippen molar-refractivity contribution >= 4 is 22.7 Å². The molecule has 0 saturated carbocycles. The third kappa shape index (κ3) is 4.09. The van der Waals surface area contributed by atoms with Crippen molar-refractivity contribution in [2.24, 2.45) is 0 Å². The third-order valence-corrected chi connectivity index (χ3v) is 5.88. The number of benzene rings is 3. The van der Waals surface area contributed by atoms with Crippen molar-refractivity contribution in [3.8, 4) is 11.4 Å². The number of para-hydroxylation sites is 1. The second-order valence-electron chi connectivity index (χ2n) is 6.79. The first-order chi connectivity index (χ1) is 14.6. The minimum Gasteiger partial charge on any atom is -0.494 e. The molecule has 0 amide bonds. The summed E-state index contributed by atoms with van der Waals surface area (Å²) in [6, 6.07) is 21.1. The third-order valence-electron chi connectivity index (χ3n) is 4.77. The highest BCUT2D eigenvalue weighted by Crippen LogP contribution is 2.35. The van der Waals surface area contributed by atoms with Crippen LogP contribution in [0.3, 0.4) is 0 Å². The van der Waals surface area contributed by atoms with Gasteiger partial charge in [0.2, 0.25) is 0 Å². The molecule has 1 heterocycles. The van der Waals surface area contributed by atoms with Crippen LogP contribution in [0.25, 0.3) is 16.6 Å². The van der Waals surface area contributed by atoms with Gasteiger partial charge in [0.15, 0.2) is 5.16 Å². The fourth-order valence-electron chi connectivity index (χ4n) is 3.24. The molecule has 4 aromatic rings. The Labute approximate surface area is 178 Å². The quantitative estimate of drug-likeness (QED) is 0.293. The van der Waals surface area contributed by atoms with E-state index in [9.17, 15) is 9.18 Å². The van der Waals surface area contributed by atoms with E-state index < -0.39 is 0 Å². The molecule has 0 bridgehead atoms. The van der Waals surface area contributed by atoms with Crippen LogP contribution in [-0.2, 0) is 0 Å². The second kappa shape index (κ2) is 8.71. The Bertz CT molecular complexity index is 1220. The standard InChI is InChI=1S/C24H21FN2O2S/c1-3-29-20-14-12-19(13-15-20)27-23(28)21-6-4-5-7-22(21)26-24(27)30-16(2)17-8-10-18(25)11-9-17/h4-16H,3H2,1-2H3/t16-/m1/s1. The Morgan fingerprint density at radius 3 is 2.43 bits per heavy atom. The van der Waals surface area contributed by atoms with Crippen molar-refractivity contribution in [2.75, 3.05) is 6.61 Å². The summed E-state index contributed by atoms with van der Waals surface area (Å²) in [6.45, 7) is 4.52. The maximum atomic E-state index is 13.4. The number of rotatable bonds is 6. The lowest BCUT2D eigenvalue weighted by Crippen LogP contribution is -2.22. The minimum atomic E-state index is -0.272. The lowest BCUT2D eigenvalue weighted by molar-refractivity contribution is 0.340. The molecule has 30 heavy (non-hydrogen) atoms. The number of aromatic nitrogens is 2. The molecule has 0 fully saturated rings. The Morgan fingerprint density at radius 2 is 1.73 bits per heavy atom. The second-order valence-corrected chi connectivity index (χ2v) is 8.10. The van der Waals surface area contributed by atoms with E-state index in [-0.39, 0.29) is 16.6 Å². The lowest BCUT2D eigenvalue weighted by atomic mass is 10.2. The summed E-state index contributed by atoms with van der Waals surface area (Å²) in [5, 5.41) is 1.12. The molecular weight excluding hydrogens is 399 g/mol. The van der Waals surface area contributed by atoms with E-state index >= 15 is 0 Å². The maximum absolute atomic E-state index is 13.4. The highest BCUT2D eigenvalue weighted by atomic mass is 32.2. The Kier molecular flexibility index (Phi) is 5.86. The molecule has 0 aliphatic carbocycles. The predicted octanol–water partition coefficient (Wildman–Crippen LogP) is 5.78. The number of thioether (sulfide) groups is 1. The maximum Gasteiger partial charge on any atom is 0.266 e. The van der Waals surface area contributed by atoms with E-state index in [1.807, 2.05) is 56.3 Å². The summed E-state index contributed by atoms with van der Waals surface area (Å²) in [7, 11) is 0. The number of nitrogens with zero attached hydrogens (tertiary/aromatic N) is 2. The molecule has 3 aromatic carbocycles. The number of halogens is 1. The highest BCUT2D eigenvalue weighted by molar-refractivity contribution is 7.99. The number of hydrogen-bond acceptors (Lipinski definition) is 4. The minimum absolute atomic E-state index is 0.0207. The van der Waals surface area contributed by atoms with Crippen molar-refractivity contribution in [3.05, 3.63) is 94.5 Å². The van der Waals surface area contributed by atoms with Crippen molar-refractivity contribution < 1.29 is 9.13 Å². The van der Waals surface area contributed by atoms with Crippen LogP contribution in [-0.4, -0.2) is 16.2 Å². The van der Waals surface area contributed by atoms with Gasteiger partial charge in [-0.15, -0.1) is 0 Å². The zero-order chi connectivity index (χ0) is 21.1. The zero-order valence-corrected chi connectivity index (χ0v) is 17.5. The van der Waals surface area contributed by atoms with E-state index in [1.54, 1.807) is 22.8 Å². The van der Waals surface area contributed by atoms with Crippen LogP contribution < -0.4 is 10.3 Å². The van der Waals surface area contributed by atoms with Gasteiger partial charge < -0.3 is 4.74 Å². The average Bonchev–Trinajstić information content (AvgIpc) is 2.75. The van der Waals surface area contributed by atoms with Crippen LogP contribution in [0.5, 0.6) is 5.75 Å². The summed E-state index contributed by atoms with van der Waals surface area (Å²) in [5.74, 6) is 0.475. The van der Waals surface area contributed by atoms with Crippen molar-refractivity contribution in [3.63, 3.8) is 0 Å². The van der Waals surface area contributed by atoms with E-state index in [0.717, 1.165) is 17.0 Å². The smallest absolute Gasteiger partial charge is 0.266 e. The first kappa shape index (κ1) is 20.2. The molecule has 6 heteroatoms. The molecule has 0 unspecified atom stereocenters. The Morgan fingerprint density at radius 1 is 1.03 bits per heavy atom. The van der Waals surface area contributed by atoms with Crippen LogP contribution >= 0.6 is 11.8 Å². The van der Waals surface area contributed by atoms with Gasteiger partial charge in [-0.3, -0.25) is 9.36 Å². The SMILES string of the molecule is CCOc1ccc(-n2c(S[C@H](C)c3ccc(F)cc3)nc3ccccc3c2=O)cc1. The van der Waals surface area contributed by atoms with Crippen LogP contribution in [0.1, 0.15) is 24.7 Å². The molecule has 4 nitrogen and oxygen atoms in total. The van der Waals surface area contributed by atoms with Gasteiger partial charge in [0.25, 0.3) is 5.56 Å². The summed E-state index contributed by atoms with van der Waals surface area (Å²) in [4.78, 5) is 18.1. The predicted molar refractivity (Wildman–Crippen MR) is 119 cm³/mol. The van der Waals surface area contributed by atoms with E-state index in [4.69, 9.17) is 9.72 Å². The molecule has 152 valence electrons. The summed E-state index contributed by atoms with van der Waals surface area (Å²) in [5.41, 5.74) is 2.20. The normalized spacial score (nSPS) is 12.1. The van der Waals surface area contributed by atoms with E-state index in [1.165, 1.54) is 23.9 Å². The monoisotopic (exact) mass is 420 g/mol. The summed E-state index contributed by atoms with van der Waals surface area (Å²) < 4.78 is 20.5. The van der Waals surface area contributed by atoms with Gasteiger partial charge >= 0.3 is 0 Å². The summed E-state index contributed by atoms with van der Waals surface area (Å²) >= 11 is 1.47. The molecule has 0 aliphatic rings. The van der Waals surface area contributed by atoms with Crippen molar-refractivity contribution in [1.29, 1.82) is 0 Å². The average molecular weight is 421 g/mol.